The first-order valence-corrected chi connectivity index (χ1v) is 7.31. The number of anilines is 1. The molecule has 1 aliphatic rings. The lowest BCUT2D eigenvalue weighted by Gasteiger charge is -2.33. The fourth-order valence-electron chi connectivity index (χ4n) is 2.69. The van der Waals surface area contributed by atoms with Gasteiger partial charge in [0.15, 0.2) is 5.82 Å². The van der Waals surface area contributed by atoms with Crippen molar-refractivity contribution in [1.29, 1.82) is 0 Å². The molecule has 1 atom stereocenters. The maximum absolute atomic E-state index is 9.01. The van der Waals surface area contributed by atoms with Crippen molar-refractivity contribution in [3.05, 3.63) is 5.82 Å². The van der Waals surface area contributed by atoms with Crippen LogP contribution in [0.2, 0.25) is 0 Å². The molecule has 0 radical (unpaired) electrons. The summed E-state index contributed by atoms with van der Waals surface area (Å²) >= 11 is 0. The Morgan fingerprint density at radius 1 is 1.32 bits per heavy atom. The SMILES string of the molecule is CC(C)c1noc(N2CCC([C@H](C)CCO)CC2)n1. The summed E-state index contributed by atoms with van der Waals surface area (Å²) in [6.45, 7) is 8.61. The molecule has 0 amide bonds. The second-order valence-electron chi connectivity index (χ2n) is 5.90. The zero-order valence-electron chi connectivity index (χ0n) is 12.2. The number of aromatic nitrogens is 2. The van der Waals surface area contributed by atoms with Gasteiger partial charge in [-0.3, -0.25) is 0 Å². The second kappa shape index (κ2) is 6.37. The number of rotatable bonds is 5. The summed E-state index contributed by atoms with van der Waals surface area (Å²) in [6, 6.07) is 0.664. The van der Waals surface area contributed by atoms with E-state index < -0.39 is 0 Å². The van der Waals surface area contributed by atoms with Gasteiger partial charge >= 0.3 is 6.01 Å². The normalized spacial score (nSPS) is 19.1. The van der Waals surface area contributed by atoms with Crippen LogP contribution in [-0.4, -0.2) is 34.9 Å². The lowest BCUT2D eigenvalue weighted by molar-refractivity contribution is 0.208. The summed E-state index contributed by atoms with van der Waals surface area (Å²) < 4.78 is 5.33. The van der Waals surface area contributed by atoms with E-state index in [4.69, 9.17) is 9.63 Å². The predicted octanol–water partition coefficient (Wildman–Crippen LogP) is 2.43. The van der Waals surface area contributed by atoms with Crippen LogP contribution in [0.5, 0.6) is 0 Å². The molecule has 1 aromatic heterocycles. The van der Waals surface area contributed by atoms with E-state index in [9.17, 15) is 0 Å². The van der Waals surface area contributed by atoms with E-state index in [1.807, 2.05) is 0 Å². The first kappa shape index (κ1) is 14.3. The molecule has 1 aliphatic heterocycles. The zero-order chi connectivity index (χ0) is 13.8. The Morgan fingerprint density at radius 3 is 2.53 bits per heavy atom. The molecule has 1 saturated heterocycles. The molecule has 5 nitrogen and oxygen atoms in total. The number of aliphatic hydroxyl groups is 1. The van der Waals surface area contributed by atoms with Crippen molar-refractivity contribution in [3.63, 3.8) is 0 Å². The molecule has 0 unspecified atom stereocenters. The first-order chi connectivity index (χ1) is 9.11. The number of hydrogen-bond donors (Lipinski definition) is 1. The topological polar surface area (TPSA) is 62.4 Å². The summed E-state index contributed by atoms with van der Waals surface area (Å²) in [5.74, 6) is 2.39. The van der Waals surface area contributed by atoms with E-state index in [1.54, 1.807) is 0 Å². The predicted molar refractivity (Wildman–Crippen MR) is 74.2 cm³/mol. The Bertz CT molecular complexity index is 384. The highest BCUT2D eigenvalue weighted by atomic mass is 16.5. The van der Waals surface area contributed by atoms with Crippen LogP contribution >= 0.6 is 0 Å². The van der Waals surface area contributed by atoms with Crippen LogP contribution in [-0.2, 0) is 0 Å². The minimum absolute atomic E-state index is 0.294. The van der Waals surface area contributed by atoms with Gasteiger partial charge in [0.1, 0.15) is 0 Å². The van der Waals surface area contributed by atoms with E-state index in [2.05, 4.69) is 35.8 Å². The number of aliphatic hydroxyl groups excluding tert-OH is 1. The van der Waals surface area contributed by atoms with E-state index >= 15 is 0 Å². The van der Waals surface area contributed by atoms with Gasteiger partial charge in [-0.15, -0.1) is 0 Å². The van der Waals surface area contributed by atoms with Gasteiger partial charge in [-0.2, -0.15) is 4.98 Å². The summed E-state index contributed by atoms with van der Waals surface area (Å²) in [5, 5.41) is 13.0. The molecule has 19 heavy (non-hydrogen) atoms. The van der Waals surface area contributed by atoms with Crippen molar-refractivity contribution in [2.24, 2.45) is 11.8 Å². The average Bonchev–Trinajstić information content (AvgIpc) is 2.89. The average molecular weight is 267 g/mol. The molecule has 2 heterocycles. The molecule has 1 N–H and O–H groups in total. The highest BCUT2D eigenvalue weighted by molar-refractivity contribution is 5.26. The van der Waals surface area contributed by atoms with Crippen molar-refractivity contribution in [2.75, 3.05) is 24.6 Å². The minimum Gasteiger partial charge on any atom is -0.396 e. The highest BCUT2D eigenvalue weighted by Gasteiger charge is 2.26. The third-order valence-electron chi connectivity index (χ3n) is 4.15. The lowest BCUT2D eigenvalue weighted by atomic mass is 9.84. The lowest BCUT2D eigenvalue weighted by Crippen LogP contribution is -2.36. The molecular weight excluding hydrogens is 242 g/mol. The van der Waals surface area contributed by atoms with Gasteiger partial charge in [0.05, 0.1) is 0 Å². The van der Waals surface area contributed by atoms with Gasteiger partial charge < -0.3 is 14.5 Å². The summed E-state index contributed by atoms with van der Waals surface area (Å²) in [4.78, 5) is 6.63. The molecule has 0 bridgehead atoms. The summed E-state index contributed by atoms with van der Waals surface area (Å²) in [7, 11) is 0. The van der Waals surface area contributed by atoms with Gasteiger partial charge in [0, 0.05) is 25.6 Å². The summed E-state index contributed by atoms with van der Waals surface area (Å²) in [6.07, 6.45) is 3.18. The Kier molecular flexibility index (Phi) is 4.80. The smallest absolute Gasteiger partial charge is 0.324 e. The standard InChI is InChI=1S/C14H25N3O2/c1-10(2)13-15-14(19-16-13)17-7-4-12(5-8-17)11(3)6-9-18/h10-12,18H,4-9H2,1-3H3/t11-/m1/s1. The van der Waals surface area contributed by atoms with Crippen LogP contribution in [0.25, 0.3) is 0 Å². The third kappa shape index (κ3) is 3.47. The molecule has 5 heteroatoms. The fraction of sp³-hybridized carbons (Fsp3) is 0.857. The van der Waals surface area contributed by atoms with Crippen LogP contribution in [0, 0.1) is 11.8 Å². The van der Waals surface area contributed by atoms with Crippen molar-refractivity contribution < 1.29 is 9.63 Å². The van der Waals surface area contributed by atoms with Crippen LogP contribution in [0.1, 0.15) is 51.8 Å². The monoisotopic (exact) mass is 267 g/mol. The Labute approximate surface area is 115 Å². The van der Waals surface area contributed by atoms with Crippen LogP contribution < -0.4 is 4.90 Å². The maximum Gasteiger partial charge on any atom is 0.324 e. The number of piperidine rings is 1. The van der Waals surface area contributed by atoms with Gasteiger partial charge in [-0.05, 0) is 31.1 Å². The van der Waals surface area contributed by atoms with Crippen LogP contribution in [0.15, 0.2) is 4.52 Å². The minimum atomic E-state index is 0.294. The van der Waals surface area contributed by atoms with Gasteiger partial charge in [0.2, 0.25) is 0 Å². The largest absolute Gasteiger partial charge is 0.396 e. The molecule has 2 rings (SSSR count). The van der Waals surface area contributed by atoms with E-state index in [0.717, 1.165) is 38.2 Å². The Balaban J connectivity index is 1.88. The molecular formula is C14H25N3O2. The molecule has 1 fully saturated rings. The molecule has 0 aliphatic carbocycles. The van der Waals surface area contributed by atoms with Gasteiger partial charge in [0.25, 0.3) is 0 Å². The van der Waals surface area contributed by atoms with Crippen LogP contribution in [0.3, 0.4) is 0 Å². The van der Waals surface area contributed by atoms with Crippen molar-refractivity contribution in [1.82, 2.24) is 10.1 Å². The molecule has 0 spiro atoms. The van der Waals surface area contributed by atoms with E-state index in [1.165, 1.54) is 0 Å². The van der Waals surface area contributed by atoms with E-state index in [0.29, 0.717) is 30.4 Å². The summed E-state index contributed by atoms with van der Waals surface area (Å²) in [5.41, 5.74) is 0. The molecule has 0 aromatic carbocycles. The fourth-order valence-corrected chi connectivity index (χ4v) is 2.69. The second-order valence-corrected chi connectivity index (χ2v) is 5.90. The Hall–Kier alpha value is -1.10. The van der Waals surface area contributed by atoms with Crippen LogP contribution in [0.4, 0.5) is 6.01 Å². The van der Waals surface area contributed by atoms with Crippen molar-refractivity contribution in [3.8, 4) is 0 Å². The quantitative estimate of drug-likeness (QED) is 0.887. The third-order valence-corrected chi connectivity index (χ3v) is 4.15. The maximum atomic E-state index is 9.01. The Morgan fingerprint density at radius 2 is 2.00 bits per heavy atom. The van der Waals surface area contributed by atoms with Crippen molar-refractivity contribution in [2.45, 2.75) is 46.0 Å². The molecule has 1 aromatic rings. The first-order valence-electron chi connectivity index (χ1n) is 7.31. The number of hydrogen-bond acceptors (Lipinski definition) is 5. The van der Waals surface area contributed by atoms with Gasteiger partial charge in [-0.1, -0.05) is 25.9 Å². The molecule has 108 valence electrons. The van der Waals surface area contributed by atoms with Crippen molar-refractivity contribution >= 4 is 6.01 Å². The van der Waals surface area contributed by atoms with E-state index in [-0.39, 0.29) is 0 Å². The zero-order valence-corrected chi connectivity index (χ0v) is 12.2. The number of nitrogens with zero attached hydrogens (tertiary/aromatic N) is 3. The van der Waals surface area contributed by atoms with Gasteiger partial charge in [-0.25, -0.2) is 0 Å². The highest BCUT2D eigenvalue weighted by Crippen LogP contribution is 2.29. The molecule has 0 saturated carbocycles.